The van der Waals surface area contributed by atoms with Gasteiger partial charge in [-0.05, 0) is 24.3 Å². The molecule has 120 valence electrons. The first kappa shape index (κ1) is 15.6. The fraction of sp³-hybridized carbons (Fsp3) is 0. The lowest BCUT2D eigenvalue weighted by molar-refractivity contribution is -0.385. The lowest BCUT2D eigenvalue weighted by Crippen LogP contribution is -2.14. The maximum atomic E-state index is 12.2. The molecule has 0 unspecified atom stereocenters. The number of carbonyl (C=O) groups is 1. The van der Waals surface area contributed by atoms with Gasteiger partial charge in [-0.15, -0.1) is 5.10 Å². The van der Waals surface area contributed by atoms with Crippen molar-refractivity contribution in [3.05, 3.63) is 63.3 Å². The predicted octanol–water partition coefficient (Wildman–Crippen LogP) is 2.95. The standard InChI is InChI=1S/C14H8ClN5O4/c15-8-4-5-11(20(22)23)9(7-8)12(21)17-14-19-18-13(24-14)10-3-1-2-6-16-10/h1-7H,(H,17,19,21). The average molecular weight is 346 g/mol. The van der Waals surface area contributed by atoms with Crippen molar-refractivity contribution < 1.29 is 14.1 Å². The minimum Gasteiger partial charge on any atom is -0.401 e. The predicted molar refractivity (Wildman–Crippen MR) is 83.6 cm³/mol. The Labute approximate surface area is 139 Å². The van der Waals surface area contributed by atoms with Crippen molar-refractivity contribution >= 4 is 29.2 Å². The van der Waals surface area contributed by atoms with Crippen LogP contribution >= 0.6 is 11.6 Å². The molecule has 0 fully saturated rings. The number of nitrogens with zero attached hydrogens (tertiary/aromatic N) is 4. The lowest BCUT2D eigenvalue weighted by atomic mass is 10.1. The average Bonchev–Trinajstić information content (AvgIpc) is 3.03. The first-order valence-electron chi connectivity index (χ1n) is 6.55. The smallest absolute Gasteiger partial charge is 0.322 e. The van der Waals surface area contributed by atoms with Crippen molar-refractivity contribution in [2.24, 2.45) is 0 Å². The van der Waals surface area contributed by atoms with Gasteiger partial charge in [0.1, 0.15) is 11.3 Å². The molecule has 1 N–H and O–H groups in total. The van der Waals surface area contributed by atoms with Gasteiger partial charge in [0.25, 0.3) is 17.5 Å². The van der Waals surface area contributed by atoms with Crippen molar-refractivity contribution in [2.75, 3.05) is 5.32 Å². The summed E-state index contributed by atoms with van der Waals surface area (Å²) in [6.45, 7) is 0. The minimum absolute atomic E-state index is 0.103. The van der Waals surface area contributed by atoms with E-state index >= 15 is 0 Å². The zero-order valence-corrected chi connectivity index (χ0v) is 12.6. The molecule has 0 bridgehead atoms. The van der Waals surface area contributed by atoms with E-state index in [0.717, 1.165) is 6.07 Å². The number of nitrogens with one attached hydrogen (secondary N) is 1. The maximum absolute atomic E-state index is 12.2. The van der Waals surface area contributed by atoms with E-state index in [2.05, 4.69) is 20.5 Å². The van der Waals surface area contributed by atoms with Gasteiger partial charge in [-0.25, -0.2) is 0 Å². The molecule has 2 heterocycles. The summed E-state index contributed by atoms with van der Waals surface area (Å²) in [6.07, 6.45) is 1.55. The zero-order chi connectivity index (χ0) is 17.1. The number of carbonyl (C=O) groups excluding carboxylic acids is 1. The second kappa shape index (κ2) is 6.42. The van der Waals surface area contributed by atoms with E-state index in [1.54, 1.807) is 24.4 Å². The van der Waals surface area contributed by atoms with E-state index in [1.807, 2.05) is 0 Å². The van der Waals surface area contributed by atoms with Crippen molar-refractivity contribution in [3.63, 3.8) is 0 Å². The van der Waals surface area contributed by atoms with Crippen LogP contribution in [0.1, 0.15) is 10.4 Å². The Morgan fingerprint density at radius 2 is 2.08 bits per heavy atom. The number of rotatable bonds is 4. The van der Waals surface area contributed by atoms with E-state index in [4.69, 9.17) is 16.0 Å². The number of aromatic nitrogens is 3. The van der Waals surface area contributed by atoms with E-state index in [0.29, 0.717) is 5.69 Å². The molecule has 24 heavy (non-hydrogen) atoms. The molecule has 1 aromatic carbocycles. The Kier molecular flexibility index (Phi) is 4.17. The number of benzene rings is 1. The molecule has 0 spiro atoms. The third-order valence-electron chi connectivity index (χ3n) is 2.93. The lowest BCUT2D eigenvalue weighted by Gasteiger charge is -2.02. The Morgan fingerprint density at radius 3 is 2.79 bits per heavy atom. The molecule has 3 aromatic rings. The van der Waals surface area contributed by atoms with Crippen LogP contribution in [0.5, 0.6) is 0 Å². The summed E-state index contributed by atoms with van der Waals surface area (Å²) in [5, 5.41) is 20.9. The van der Waals surface area contributed by atoms with Crippen LogP contribution in [-0.2, 0) is 0 Å². The number of amides is 1. The topological polar surface area (TPSA) is 124 Å². The molecule has 2 aromatic heterocycles. The third-order valence-corrected chi connectivity index (χ3v) is 3.16. The number of anilines is 1. The molecule has 0 atom stereocenters. The van der Waals surface area contributed by atoms with Gasteiger partial charge < -0.3 is 4.42 Å². The maximum Gasteiger partial charge on any atom is 0.322 e. The van der Waals surface area contributed by atoms with Crippen LogP contribution in [0, 0.1) is 10.1 Å². The van der Waals surface area contributed by atoms with Crippen LogP contribution in [0.15, 0.2) is 47.0 Å². The second-order valence-corrected chi connectivity index (χ2v) is 4.94. The third kappa shape index (κ3) is 3.20. The molecule has 0 aliphatic heterocycles. The quantitative estimate of drug-likeness (QED) is 0.569. The minimum atomic E-state index is -0.791. The SMILES string of the molecule is O=C(Nc1nnc(-c2ccccn2)o1)c1cc(Cl)ccc1[N+](=O)[O-]. The fourth-order valence-corrected chi connectivity index (χ4v) is 2.05. The molecule has 9 nitrogen and oxygen atoms in total. The number of hydrogen-bond donors (Lipinski definition) is 1. The Balaban J connectivity index is 1.85. The van der Waals surface area contributed by atoms with Gasteiger partial charge >= 0.3 is 6.01 Å². The molecule has 1 amide bonds. The van der Waals surface area contributed by atoms with Gasteiger partial charge in [-0.3, -0.25) is 25.2 Å². The zero-order valence-electron chi connectivity index (χ0n) is 11.8. The summed E-state index contributed by atoms with van der Waals surface area (Å²) in [4.78, 5) is 26.6. The van der Waals surface area contributed by atoms with E-state index < -0.39 is 10.8 Å². The van der Waals surface area contributed by atoms with Gasteiger partial charge in [0.2, 0.25) is 0 Å². The van der Waals surface area contributed by atoms with Gasteiger partial charge in [-0.1, -0.05) is 22.8 Å². The number of nitro groups is 1. The molecule has 0 radical (unpaired) electrons. The van der Waals surface area contributed by atoms with E-state index in [9.17, 15) is 14.9 Å². The number of nitro benzene ring substituents is 1. The Morgan fingerprint density at radius 1 is 1.25 bits per heavy atom. The highest BCUT2D eigenvalue weighted by atomic mass is 35.5. The summed E-state index contributed by atoms with van der Waals surface area (Å²) < 4.78 is 5.27. The van der Waals surface area contributed by atoms with Gasteiger partial charge in [0, 0.05) is 17.3 Å². The first-order valence-corrected chi connectivity index (χ1v) is 6.92. The Bertz CT molecular complexity index is 913. The van der Waals surface area contributed by atoms with E-state index in [1.165, 1.54) is 12.1 Å². The molecule has 0 saturated carbocycles. The van der Waals surface area contributed by atoms with Crippen LogP contribution in [-0.4, -0.2) is 26.0 Å². The fourth-order valence-electron chi connectivity index (χ4n) is 1.88. The molecule has 10 heteroatoms. The molecule has 0 aliphatic carbocycles. The van der Waals surface area contributed by atoms with Gasteiger partial charge in [0.05, 0.1) is 4.92 Å². The molecule has 3 rings (SSSR count). The highest BCUT2D eigenvalue weighted by molar-refractivity contribution is 6.31. The van der Waals surface area contributed by atoms with Crippen LogP contribution < -0.4 is 5.32 Å². The molecule has 0 aliphatic rings. The van der Waals surface area contributed by atoms with Crippen LogP contribution in [0.25, 0.3) is 11.6 Å². The van der Waals surface area contributed by atoms with Gasteiger partial charge in [0.15, 0.2) is 0 Å². The largest absolute Gasteiger partial charge is 0.401 e. The monoisotopic (exact) mass is 345 g/mol. The van der Waals surface area contributed by atoms with Crippen LogP contribution in [0.4, 0.5) is 11.7 Å². The van der Waals surface area contributed by atoms with Crippen molar-refractivity contribution in [1.29, 1.82) is 0 Å². The number of hydrogen-bond acceptors (Lipinski definition) is 7. The van der Waals surface area contributed by atoms with Gasteiger partial charge in [-0.2, -0.15) is 0 Å². The summed E-state index contributed by atoms with van der Waals surface area (Å²) in [5.41, 5.74) is -0.175. The first-order chi connectivity index (χ1) is 11.5. The molecule has 0 saturated heterocycles. The highest BCUT2D eigenvalue weighted by Gasteiger charge is 2.22. The normalized spacial score (nSPS) is 10.4. The number of halogens is 1. The molecular weight excluding hydrogens is 338 g/mol. The van der Waals surface area contributed by atoms with Crippen molar-refractivity contribution in [3.8, 4) is 11.6 Å². The summed E-state index contributed by atoms with van der Waals surface area (Å²) in [5.74, 6) is -0.688. The summed E-state index contributed by atoms with van der Waals surface area (Å²) in [6, 6.07) is 8.55. The van der Waals surface area contributed by atoms with Crippen LogP contribution in [0.3, 0.4) is 0 Å². The summed E-state index contributed by atoms with van der Waals surface area (Å²) >= 11 is 5.79. The Hall–Kier alpha value is -3.33. The summed E-state index contributed by atoms with van der Waals surface area (Å²) in [7, 11) is 0. The highest BCUT2D eigenvalue weighted by Crippen LogP contribution is 2.24. The molecular formula is C14H8ClN5O4. The van der Waals surface area contributed by atoms with Crippen LogP contribution in [0.2, 0.25) is 5.02 Å². The van der Waals surface area contributed by atoms with E-state index in [-0.39, 0.29) is 28.2 Å². The number of pyridine rings is 1. The van der Waals surface area contributed by atoms with Crippen molar-refractivity contribution in [2.45, 2.75) is 0 Å². The van der Waals surface area contributed by atoms with Crippen molar-refractivity contribution in [1.82, 2.24) is 15.2 Å². The second-order valence-electron chi connectivity index (χ2n) is 4.50.